The van der Waals surface area contributed by atoms with Crippen molar-refractivity contribution in [3.05, 3.63) is 35.4 Å². The number of esters is 2. The van der Waals surface area contributed by atoms with Crippen LogP contribution in [0.1, 0.15) is 53.3 Å². The molecule has 1 aromatic rings. The molecule has 7 nitrogen and oxygen atoms in total. The van der Waals surface area contributed by atoms with E-state index in [-0.39, 0.29) is 41.3 Å². The van der Waals surface area contributed by atoms with Crippen molar-refractivity contribution in [3.63, 3.8) is 0 Å². The molecule has 3 aliphatic carbocycles. The predicted molar refractivity (Wildman–Crippen MR) is 92.3 cm³/mol. The van der Waals surface area contributed by atoms with E-state index < -0.39 is 18.0 Å². The Bertz CT molecular complexity index is 769. The zero-order valence-electron chi connectivity index (χ0n) is 15.1. The minimum Gasteiger partial charge on any atom is -0.478 e. The Hall–Kier alpha value is -2.41. The zero-order chi connectivity index (χ0) is 19.2. The number of rotatable bonds is 6. The lowest BCUT2D eigenvalue weighted by Crippen LogP contribution is -2.57. The summed E-state index contributed by atoms with van der Waals surface area (Å²) in [6.07, 6.45) is 2.03. The van der Waals surface area contributed by atoms with Crippen LogP contribution in [0.25, 0.3) is 0 Å². The van der Waals surface area contributed by atoms with Crippen molar-refractivity contribution in [1.82, 2.24) is 0 Å². The van der Waals surface area contributed by atoms with Crippen molar-refractivity contribution in [2.75, 3.05) is 6.61 Å². The second kappa shape index (κ2) is 6.64. The van der Waals surface area contributed by atoms with Crippen molar-refractivity contribution in [3.8, 4) is 0 Å². The van der Waals surface area contributed by atoms with Gasteiger partial charge in [-0.1, -0.05) is 12.1 Å². The summed E-state index contributed by atoms with van der Waals surface area (Å²) in [4.78, 5) is 35.8. The largest absolute Gasteiger partial charge is 0.478 e. The Morgan fingerprint density at radius 2 is 1.85 bits per heavy atom. The third kappa shape index (κ3) is 3.20. The molecule has 4 fully saturated rings. The van der Waals surface area contributed by atoms with Gasteiger partial charge in [0.1, 0.15) is 12.7 Å². The Morgan fingerprint density at radius 3 is 2.44 bits per heavy atom. The highest BCUT2D eigenvalue weighted by Gasteiger charge is 2.62. The smallest absolute Gasteiger partial charge is 0.339 e. The van der Waals surface area contributed by atoms with E-state index in [0.717, 1.165) is 19.3 Å². The molecule has 1 aliphatic heterocycles. The van der Waals surface area contributed by atoms with Crippen LogP contribution in [0.15, 0.2) is 24.3 Å². The minimum absolute atomic E-state index is 0.00991. The van der Waals surface area contributed by atoms with E-state index in [4.69, 9.17) is 14.2 Å². The molecule has 1 aromatic carbocycles. The van der Waals surface area contributed by atoms with Gasteiger partial charge in [-0.3, -0.25) is 4.79 Å². The fourth-order valence-electron chi connectivity index (χ4n) is 4.25. The third-order valence-corrected chi connectivity index (χ3v) is 5.93. The molecule has 1 saturated heterocycles. The van der Waals surface area contributed by atoms with Gasteiger partial charge in [-0.25, -0.2) is 9.59 Å². The van der Waals surface area contributed by atoms with E-state index in [9.17, 15) is 19.5 Å². The third-order valence-electron chi connectivity index (χ3n) is 5.93. The Labute approximate surface area is 156 Å². The van der Waals surface area contributed by atoms with Crippen LogP contribution in [0.4, 0.5) is 0 Å². The van der Waals surface area contributed by atoms with Gasteiger partial charge in [0.25, 0.3) is 0 Å². The summed E-state index contributed by atoms with van der Waals surface area (Å²) < 4.78 is 16.6. The highest BCUT2D eigenvalue weighted by atomic mass is 16.6. The number of carbonyl (C=O) groups is 3. The number of carbonyl (C=O) groups excluding carboxylic acids is 2. The molecule has 0 spiro atoms. The van der Waals surface area contributed by atoms with Crippen molar-refractivity contribution in [2.45, 2.75) is 50.9 Å². The van der Waals surface area contributed by atoms with Crippen LogP contribution in [-0.2, 0) is 19.0 Å². The summed E-state index contributed by atoms with van der Waals surface area (Å²) in [5.74, 6) is -1.31. The van der Waals surface area contributed by atoms with Gasteiger partial charge in [-0.2, -0.15) is 0 Å². The number of ether oxygens (including phenoxy) is 3. The molecule has 0 aromatic heterocycles. The van der Waals surface area contributed by atoms with Crippen LogP contribution >= 0.6 is 0 Å². The highest BCUT2D eigenvalue weighted by Crippen LogP contribution is 2.64. The number of benzene rings is 1. The number of hydrogen-bond donors (Lipinski definition) is 1. The molecule has 0 radical (unpaired) electrons. The van der Waals surface area contributed by atoms with Crippen LogP contribution in [0.2, 0.25) is 0 Å². The first-order valence-corrected chi connectivity index (χ1v) is 9.24. The summed E-state index contributed by atoms with van der Waals surface area (Å²) in [5, 5.41) is 9.20. The van der Waals surface area contributed by atoms with Crippen molar-refractivity contribution in [1.29, 1.82) is 0 Å². The SMILES string of the molecule is C[C@@H]1O[C@H](COC(=O)C23CC(C2)C3)C[C@H]1OC(=O)c1ccccc1C(=O)O. The molecule has 1 N–H and O–H groups in total. The fourth-order valence-corrected chi connectivity index (χ4v) is 4.25. The van der Waals surface area contributed by atoms with E-state index in [0.29, 0.717) is 12.3 Å². The minimum atomic E-state index is -1.18. The molecular weight excluding hydrogens is 352 g/mol. The van der Waals surface area contributed by atoms with Gasteiger partial charge >= 0.3 is 17.9 Å². The average Bonchev–Trinajstić information content (AvgIpc) is 2.90. The summed E-state index contributed by atoms with van der Waals surface area (Å²) in [7, 11) is 0. The van der Waals surface area contributed by atoms with Gasteiger partial charge in [-0.05, 0) is 44.2 Å². The van der Waals surface area contributed by atoms with Crippen molar-refractivity contribution >= 4 is 17.9 Å². The monoisotopic (exact) mass is 374 g/mol. The lowest BCUT2D eigenvalue weighted by Gasteiger charge is -2.59. The number of hydrogen-bond acceptors (Lipinski definition) is 6. The molecule has 2 bridgehead atoms. The normalized spacial score (nSPS) is 33.5. The first-order chi connectivity index (χ1) is 12.9. The van der Waals surface area contributed by atoms with E-state index in [1.807, 2.05) is 0 Å². The number of carboxylic acids is 1. The van der Waals surface area contributed by atoms with Crippen LogP contribution in [0.3, 0.4) is 0 Å². The highest BCUT2D eigenvalue weighted by molar-refractivity contribution is 6.02. The van der Waals surface area contributed by atoms with Gasteiger partial charge in [0.2, 0.25) is 0 Å². The fraction of sp³-hybridized carbons (Fsp3) is 0.550. The van der Waals surface area contributed by atoms with Gasteiger partial charge in [0, 0.05) is 6.42 Å². The summed E-state index contributed by atoms with van der Waals surface area (Å²) >= 11 is 0. The molecule has 5 rings (SSSR count). The molecule has 27 heavy (non-hydrogen) atoms. The Morgan fingerprint density at radius 1 is 1.19 bits per heavy atom. The lowest BCUT2D eigenvalue weighted by molar-refractivity contribution is -0.194. The second-order valence-electron chi connectivity index (χ2n) is 7.85. The average molecular weight is 374 g/mol. The molecule has 4 aliphatic rings. The molecule has 3 atom stereocenters. The van der Waals surface area contributed by atoms with E-state index in [1.165, 1.54) is 12.1 Å². The van der Waals surface area contributed by atoms with E-state index in [2.05, 4.69) is 0 Å². The molecule has 3 saturated carbocycles. The topological polar surface area (TPSA) is 99.1 Å². The molecule has 0 unspecified atom stereocenters. The van der Waals surface area contributed by atoms with E-state index in [1.54, 1.807) is 19.1 Å². The van der Waals surface area contributed by atoms with Crippen molar-refractivity contribution < 1.29 is 33.7 Å². The number of aromatic carboxylic acids is 1. The standard InChI is InChI=1S/C20H22O7/c1-11-16(27-18(23)15-5-3-2-4-14(15)17(21)22)6-13(26-11)10-25-19(24)20-7-12(8-20)9-20/h2-5,11-13,16H,6-10H2,1H3,(H,21,22)/t11-,12?,13-,16+,20?/m0/s1. The zero-order valence-corrected chi connectivity index (χ0v) is 15.1. The predicted octanol–water partition coefficient (Wildman–Crippen LogP) is 2.43. The van der Waals surface area contributed by atoms with Gasteiger partial charge < -0.3 is 19.3 Å². The summed E-state index contributed by atoms with van der Waals surface area (Å²) in [5.41, 5.74) is -0.324. The Kier molecular flexibility index (Phi) is 4.42. The first kappa shape index (κ1) is 18.0. The number of carboxylic acid groups (broad SMARTS) is 1. The molecule has 1 heterocycles. The van der Waals surface area contributed by atoms with Crippen molar-refractivity contribution in [2.24, 2.45) is 11.3 Å². The Balaban J connectivity index is 1.31. The maximum absolute atomic E-state index is 12.4. The summed E-state index contributed by atoms with van der Waals surface area (Å²) in [6, 6.07) is 5.93. The van der Waals surface area contributed by atoms with Gasteiger partial charge in [0.05, 0.1) is 28.7 Å². The maximum Gasteiger partial charge on any atom is 0.339 e. The van der Waals surface area contributed by atoms with Crippen LogP contribution in [0, 0.1) is 11.3 Å². The van der Waals surface area contributed by atoms with Crippen LogP contribution in [0.5, 0.6) is 0 Å². The van der Waals surface area contributed by atoms with Gasteiger partial charge in [0.15, 0.2) is 0 Å². The first-order valence-electron chi connectivity index (χ1n) is 9.24. The van der Waals surface area contributed by atoms with Gasteiger partial charge in [-0.15, -0.1) is 0 Å². The second-order valence-corrected chi connectivity index (χ2v) is 7.85. The van der Waals surface area contributed by atoms with Crippen LogP contribution in [-0.4, -0.2) is 47.9 Å². The molecule has 144 valence electrons. The molecule has 7 heteroatoms. The quantitative estimate of drug-likeness (QED) is 0.764. The maximum atomic E-state index is 12.4. The lowest BCUT2D eigenvalue weighted by atomic mass is 9.44. The molecule has 0 amide bonds. The summed E-state index contributed by atoms with van der Waals surface area (Å²) in [6.45, 7) is 1.93. The van der Waals surface area contributed by atoms with Crippen LogP contribution < -0.4 is 0 Å². The molecular formula is C20H22O7. The van der Waals surface area contributed by atoms with E-state index >= 15 is 0 Å².